The first-order valence-electron chi connectivity index (χ1n) is 8.41. The van der Waals surface area contributed by atoms with Gasteiger partial charge in [0.2, 0.25) is 5.91 Å². The lowest BCUT2D eigenvalue weighted by atomic mass is 10.0. The van der Waals surface area contributed by atoms with Crippen molar-refractivity contribution in [3.05, 3.63) is 11.6 Å². The van der Waals surface area contributed by atoms with Crippen LogP contribution in [0.4, 0.5) is 4.79 Å². The molecule has 4 atom stereocenters. The van der Waals surface area contributed by atoms with E-state index in [0.717, 1.165) is 12.8 Å². The molecule has 1 aliphatic carbocycles. The van der Waals surface area contributed by atoms with Gasteiger partial charge in [-0.05, 0) is 52.4 Å². The number of ether oxygens (including phenoxy) is 1. The van der Waals surface area contributed by atoms with Crippen LogP contribution in [0, 0.1) is 5.92 Å². The Morgan fingerprint density at radius 3 is 2.67 bits per heavy atom. The van der Waals surface area contributed by atoms with E-state index in [0.29, 0.717) is 18.8 Å². The molecule has 2 fully saturated rings. The van der Waals surface area contributed by atoms with Gasteiger partial charge < -0.3 is 20.1 Å². The molecule has 2 N–H and O–H groups in total. The van der Waals surface area contributed by atoms with Crippen molar-refractivity contribution in [3.63, 3.8) is 0 Å². The van der Waals surface area contributed by atoms with Crippen LogP contribution in [0.25, 0.3) is 0 Å². The summed E-state index contributed by atoms with van der Waals surface area (Å²) < 4.78 is 5.23. The molecule has 0 aromatic heterocycles. The Labute approximate surface area is 141 Å². The number of fused-ring (bicyclic) bond motifs is 2. The predicted octanol–water partition coefficient (Wildman–Crippen LogP) is 1.67. The zero-order valence-corrected chi connectivity index (χ0v) is 14.2. The van der Waals surface area contributed by atoms with E-state index in [4.69, 9.17) is 4.74 Å². The minimum absolute atomic E-state index is 0.0577. The van der Waals surface area contributed by atoms with Crippen LogP contribution in [0.3, 0.4) is 0 Å². The molecule has 1 saturated carbocycles. The quantitative estimate of drug-likeness (QED) is 0.748. The maximum absolute atomic E-state index is 12.9. The van der Waals surface area contributed by atoms with Crippen LogP contribution in [0.2, 0.25) is 0 Å². The van der Waals surface area contributed by atoms with Gasteiger partial charge in [-0.1, -0.05) is 11.6 Å². The third-order valence-electron chi connectivity index (χ3n) is 4.76. The normalized spacial score (nSPS) is 34.2. The summed E-state index contributed by atoms with van der Waals surface area (Å²) in [6.07, 6.45) is 4.00. The number of carbonyl (C=O) groups is 3. The first-order valence-corrected chi connectivity index (χ1v) is 8.41. The number of carboxylic acid groups (broad SMARTS) is 1. The summed E-state index contributed by atoms with van der Waals surface area (Å²) in [6, 6.07) is -1.72. The number of nitrogens with zero attached hydrogens (tertiary/aromatic N) is 1. The fourth-order valence-corrected chi connectivity index (χ4v) is 3.67. The monoisotopic (exact) mass is 336 g/mol. The zero-order valence-electron chi connectivity index (χ0n) is 14.2. The summed E-state index contributed by atoms with van der Waals surface area (Å²) in [7, 11) is 0. The smallest absolute Gasteiger partial charge is 0.408 e. The molecule has 132 valence electrons. The topological polar surface area (TPSA) is 95.9 Å². The van der Waals surface area contributed by atoms with Crippen molar-refractivity contribution in [2.24, 2.45) is 5.92 Å². The number of hydrogen-bond acceptors (Lipinski definition) is 4. The molecule has 0 unspecified atom stereocenters. The van der Waals surface area contributed by atoms with Crippen LogP contribution in [-0.2, 0) is 14.3 Å². The summed E-state index contributed by atoms with van der Waals surface area (Å²) in [5.74, 6) is -0.933. The minimum atomic E-state index is -0.984. The predicted molar refractivity (Wildman–Crippen MR) is 85.3 cm³/mol. The van der Waals surface area contributed by atoms with Gasteiger partial charge in [-0.25, -0.2) is 9.59 Å². The van der Waals surface area contributed by atoms with Crippen molar-refractivity contribution in [1.29, 1.82) is 0 Å². The van der Waals surface area contributed by atoms with E-state index in [9.17, 15) is 19.5 Å². The first-order chi connectivity index (χ1) is 11.2. The van der Waals surface area contributed by atoms with Gasteiger partial charge in [0.25, 0.3) is 0 Å². The Morgan fingerprint density at radius 1 is 1.33 bits per heavy atom. The molecule has 7 nitrogen and oxygen atoms in total. The molecule has 0 spiro atoms. The number of rotatable bonds is 2. The molecule has 3 aliphatic rings. The number of nitrogens with one attached hydrogen (secondary N) is 1. The fourth-order valence-electron chi connectivity index (χ4n) is 3.67. The van der Waals surface area contributed by atoms with E-state index in [1.165, 1.54) is 10.5 Å². The second-order valence-corrected chi connectivity index (χ2v) is 7.83. The second-order valence-electron chi connectivity index (χ2n) is 7.83. The van der Waals surface area contributed by atoms with Crippen LogP contribution in [0.15, 0.2) is 11.6 Å². The lowest BCUT2D eigenvalue weighted by Crippen LogP contribution is -2.54. The van der Waals surface area contributed by atoms with E-state index < -0.39 is 29.7 Å². The number of amides is 2. The molecule has 2 aliphatic heterocycles. The highest BCUT2D eigenvalue weighted by Crippen LogP contribution is 2.46. The van der Waals surface area contributed by atoms with Crippen molar-refractivity contribution in [1.82, 2.24) is 10.2 Å². The molecule has 7 heteroatoms. The van der Waals surface area contributed by atoms with Crippen LogP contribution in [0.5, 0.6) is 0 Å². The number of carbonyl (C=O) groups excluding carboxylic acids is 2. The molecule has 2 heterocycles. The molecule has 24 heavy (non-hydrogen) atoms. The Kier molecular flexibility index (Phi) is 4.05. The molecule has 0 bridgehead atoms. The van der Waals surface area contributed by atoms with Gasteiger partial charge >= 0.3 is 12.1 Å². The Hall–Kier alpha value is -2.05. The van der Waals surface area contributed by atoms with E-state index in [2.05, 4.69) is 5.32 Å². The first kappa shape index (κ1) is 16.8. The lowest BCUT2D eigenvalue weighted by Gasteiger charge is -2.32. The number of allylic oxidation sites excluding steroid dienone is 1. The van der Waals surface area contributed by atoms with E-state index in [1.54, 1.807) is 26.8 Å². The number of alkyl carbamates (subject to hydrolysis) is 1. The standard InChI is InChI=1S/C17H24N2O5/c1-17(2,3)24-16(23)18-12-8-10-6-9(10)7-11-4-5-13(15(21)22)19(11)14(12)20/h8-9,11-13H,4-7H2,1-3H3,(H,18,23)(H,21,22)/b10-8-/t9-,11-,12+,13+/m1/s1. The Bertz CT molecular complexity index is 607. The molecule has 0 radical (unpaired) electrons. The zero-order chi connectivity index (χ0) is 17.6. The van der Waals surface area contributed by atoms with Crippen molar-refractivity contribution >= 4 is 18.0 Å². The number of hydrogen-bond donors (Lipinski definition) is 2. The third kappa shape index (κ3) is 3.39. The third-order valence-corrected chi connectivity index (χ3v) is 4.76. The summed E-state index contributed by atoms with van der Waals surface area (Å²) in [5, 5.41) is 12.0. The van der Waals surface area contributed by atoms with Gasteiger partial charge in [-0.2, -0.15) is 0 Å². The average molecular weight is 336 g/mol. The van der Waals surface area contributed by atoms with Gasteiger partial charge in [-0.3, -0.25) is 4.79 Å². The summed E-state index contributed by atoms with van der Waals surface area (Å²) in [5.41, 5.74) is 0.506. The highest BCUT2D eigenvalue weighted by atomic mass is 16.6. The number of carboxylic acids is 1. The molecule has 3 rings (SSSR count). The summed E-state index contributed by atoms with van der Waals surface area (Å²) in [6.45, 7) is 5.25. The van der Waals surface area contributed by atoms with Gasteiger partial charge in [-0.15, -0.1) is 0 Å². The summed E-state index contributed by atoms with van der Waals surface area (Å²) in [4.78, 5) is 37.9. The van der Waals surface area contributed by atoms with Crippen LogP contribution < -0.4 is 5.32 Å². The number of aliphatic carboxylic acids is 1. The van der Waals surface area contributed by atoms with Gasteiger partial charge in [0, 0.05) is 6.04 Å². The SMILES string of the molecule is CC(C)(C)OC(=O)N[C@H]1/C=C2/C[C@@H]2C[C@H]2CC[C@@H](C(=O)O)N2C1=O. The van der Waals surface area contributed by atoms with Crippen molar-refractivity contribution in [2.75, 3.05) is 0 Å². The second kappa shape index (κ2) is 5.79. The Balaban J connectivity index is 1.81. The van der Waals surface area contributed by atoms with Crippen LogP contribution in [0.1, 0.15) is 46.5 Å². The largest absolute Gasteiger partial charge is 0.480 e. The average Bonchev–Trinajstić information content (AvgIpc) is 2.99. The van der Waals surface area contributed by atoms with Crippen molar-refractivity contribution in [3.8, 4) is 0 Å². The maximum atomic E-state index is 12.9. The molecule has 1 saturated heterocycles. The molecule has 0 aromatic rings. The maximum Gasteiger partial charge on any atom is 0.408 e. The summed E-state index contributed by atoms with van der Waals surface area (Å²) >= 11 is 0. The van der Waals surface area contributed by atoms with Crippen molar-refractivity contribution in [2.45, 2.75) is 70.2 Å². The molecule has 2 amide bonds. The Morgan fingerprint density at radius 2 is 2.04 bits per heavy atom. The van der Waals surface area contributed by atoms with E-state index in [1.807, 2.05) is 0 Å². The van der Waals surface area contributed by atoms with E-state index in [-0.39, 0.29) is 11.9 Å². The van der Waals surface area contributed by atoms with Crippen LogP contribution >= 0.6 is 0 Å². The van der Waals surface area contributed by atoms with Gasteiger partial charge in [0.05, 0.1) is 0 Å². The van der Waals surface area contributed by atoms with Gasteiger partial charge in [0.1, 0.15) is 17.7 Å². The highest BCUT2D eigenvalue weighted by Gasteiger charge is 2.48. The fraction of sp³-hybridized carbons (Fsp3) is 0.706. The molecule has 0 aromatic carbocycles. The van der Waals surface area contributed by atoms with Crippen LogP contribution in [-0.4, -0.2) is 51.7 Å². The van der Waals surface area contributed by atoms with Crippen molar-refractivity contribution < 1.29 is 24.2 Å². The molecular weight excluding hydrogens is 312 g/mol. The van der Waals surface area contributed by atoms with Gasteiger partial charge in [0.15, 0.2) is 0 Å². The highest BCUT2D eigenvalue weighted by molar-refractivity contribution is 5.92. The molecular formula is C17H24N2O5. The lowest BCUT2D eigenvalue weighted by molar-refractivity contribution is -0.150. The minimum Gasteiger partial charge on any atom is -0.480 e. The van der Waals surface area contributed by atoms with E-state index >= 15 is 0 Å².